The number of hydrogen-bond acceptors (Lipinski definition) is 3. The molecular formula is C12H18N4O. The van der Waals surface area contributed by atoms with E-state index in [2.05, 4.69) is 21.8 Å². The Morgan fingerprint density at radius 3 is 2.76 bits per heavy atom. The lowest BCUT2D eigenvalue weighted by Crippen LogP contribution is -2.34. The molecule has 5 heteroatoms. The van der Waals surface area contributed by atoms with E-state index in [1.807, 2.05) is 25.2 Å². The molecule has 1 aromatic heterocycles. The van der Waals surface area contributed by atoms with Crippen molar-refractivity contribution in [2.45, 2.75) is 19.5 Å². The van der Waals surface area contributed by atoms with Gasteiger partial charge in [0.25, 0.3) is 0 Å². The maximum Gasteiger partial charge on any atom is 0.323 e. The van der Waals surface area contributed by atoms with E-state index in [9.17, 15) is 4.79 Å². The average molecular weight is 234 g/mol. The van der Waals surface area contributed by atoms with E-state index < -0.39 is 0 Å². The number of rotatable bonds is 4. The van der Waals surface area contributed by atoms with Crippen LogP contribution < -0.4 is 11.4 Å². The summed E-state index contributed by atoms with van der Waals surface area (Å²) < 4.78 is 0. The van der Waals surface area contributed by atoms with Gasteiger partial charge < -0.3 is 15.7 Å². The maximum atomic E-state index is 11.1. The van der Waals surface area contributed by atoms with Gasteiger partial charge in [-0.25, -0.2) is 4.79 Å². The van der Waals surface area contributed by atoms with Crippen molar-refractivity contribution in [1.29, 1.82) is 0 Å². The van der Waals surface area contributed by atoms with Gasteiger partial charge >= 0.3 is 5.69 Å². The molecule has 2 aromatic rings. The summed E-state index contributed by atoms with van der Waals surface area (Å²) in [7, 11) is 2.04. The highest BCUT2D eigenvalue weighted by Crippen LogP contribution is 2.12. The van der Waals surface area contributed by atoms with Crippen molar-refractivity contribution in [3.8, 4) is 0 Å². The second kappa shape index (κ2) is 4.73. The molecule has 0 aliphatic carbocycles. The smallest absolute Gasteiger partial charge is 0.323 e. The van der Waals surface area contributed by atoms with Crippen LogP contribution in [0.1, 0.15) is 12.5 Å². The maximum absolute atomic E-state index is 11.1. The highest BCUT2D eigenvalue weighted by atomic mass is 16.1. The average Bonchev–Trinajstić information content (AvgIpc) is 2.67. The molecule has 0 bridgehead atoms. The molecule has 0 aliphatic rings. The van der Waals surface area contributed by atoms with Gasteiger partial charge in [0.05, 0.1) is 11.0 Å². The predicted molar refractivity (Wildman–Crippen MR) is 68.9 cm³/mol. The number of benzene rings is 1. The third-order valence-corrected chi connectivity index (χ3v) is 3.11. The van der Waals surface area contributed by atoms with Crippen LogP contribution in [0.3, 0.4) is 0 Å². The van der Waals surface area contributed by atoms with E-state index in [1.54, 1.807) is 0 Å². The lowest BCUT2D eigenvalue weighted by molar-refractivity contribution is 0.255. The lowest BCUT2D eigenvalue weighted by atomic mass is 10.1. The van der Waals surface area contributed by atoms with Crippen LogP contribution in [-0.2, 0) is 6.54 Å². The number of fused-ring (bicyclic) bond motifs is 1. The number of aromatic amines is 2. The molecule has 0 fully saturated rings. The first kappa shape index (κ1) is 11.9. The van der Waals surface area contributed by atoms with Crippen molar-refractivity contribution in [3.63, 3.8) is 0 Å². The van der Waals surface area contributed by atoms with Crippen LogP contribution in [0.25, 0.3) is 11.0 Å². The minimum Gasteiger partial charge on any atom is -0.329 e. The minimum atomic E-state index is -0.166. The molecular weight excluding hydrogens is 216 g/mol. The van der Waals surface area contributed by atoms with Crippen LogP contribution >= 0.6 is 0 Å². The van der Waals surface area contributed by atoms with Crippen molar-refractivity contribution in [2.24, 2.45) is 5.73 Å². The van der Waals surface area contributed by atoms with Gasteiger partial charge in [0.2, 0.25) is 0 Å². The standard InChI is InChI=1S/C12H18N4O/c1-8(6-13)16(2)7-9-3-4-10-11(5-9)15-12(17)14-10/h3-5,8H,6-7,13H2,1-2H3,(H2,14,15,17). The molecule has 0 amide bonds. The third kappa shape index (κ3) is 2.57. The highest BCUT2D eigenvalue weighted by molar-refractivity contribution is 5.74. The van der Waals surface area contributed by atoms with Gasteiger partial charge in [0, 0.05) is 19.1 Å². The SMILES string of the molecule is CC(CN)N(C)Cc1ccc2[nH]c(=O)[nH]c2c1. The van der Waals surface area contributed by atoms with Crippen molar-refractivity contribution in [1.82, 2.24) is 14.9 Å². The van der Waals surface area contributed by atoms with E-state index >= 15 is 0 Å². The Hall–Kier alpha value is -1.59. The normalized spacial score (nSPS) is 13.4. The van der Waals surface area contributed by atoms with Crippen LogP contribution in [0.5, 0.6) is 0 Å². The van der Waals surface area contributed by atoms with Crippen LogP contribution in [0.2, 0.25) is 0 Å². The Balaban J connectivity index is 2.21. The number of hydrogen-bond donors (Lipinski definition) is 3. The minimum absolute atomic E-state index is 0.166. The predicted octanol–water partition coefficient (Wildman–Crippen LogP) is 0.635. The summed E-state index contributed by atoms with van der Waals surface area (Å²) in [6.45, 7) is 3.55. The van der Waals surface area contributed by atoms with E-state index in [-0.39, 0.29) is 5.69 Å². The molecule has 0 aliphatic heterocycles. The first-order valence-electron chi connectivity index (χ1n) is 5.71. The Bertz CT molecular complexity index is 557. The second-order valence-electron chi connectivity index (χ2n) is 4.46. The molecule has 0 spiro atoms. The van der Waals surface area contributed by atoms with Gasteiger partial charge in [-0.15, -0.1) is 0 Å². The molecule has 1 unspecified atom stereocenters. The van der Waals surface area contributed by atoms with Gasteiger partial charge in [0.1, 0.15) is 0 Å². The third-order valence-electron chi connectivity index (χ3n) is 3.11. The summed E-state index contributed by atoms with van der Waals surface area (Å²) in [5.41, 5.74) is 8.31. The van der Waals surface area contributed by atoms with Gasteiger partial charge in [-0.05, 0) is 31.7 Å². The lowest BCUT2D eigenvalue weighted by Gasteiger charge is -2.23. The number of imidazole rings is 1. The summed E-state index contributed by atoms with van der Waals surface area (Å²) in [5.74, 6) is 0. The van der Waals surface area contributed by atoms with Crippen LogP contribution in [0.15, 0.2) is 23.0 Å². The Morgan fingerprint density at radius 1 is 1.35 bits per heavy atom. The summed E-state index contributed by atoms with van der Waals surface area (Å²) >= 11 is 0. The zero-order chi connectivity index (χ0) is 12.4. The zero-order valence-corrected chi connectivity index (χ0v) is 10.2. The summed E-state index contributed by atoms with van der Waals surface area (Å²) in [6, 6.07) is 6.28. The highest BCUT2D eigenvalue weighted by Gasteiger charge is 2.08. The molecule has 5 nitrogen and oxygen atoms in total. The number of aromatic nitrogens is 2. The van der Waals surface area contributed by atoms with Gasteiger partial charge in [-0.2, -0.15) is 0 Å². The molecule has 1 aromatic carbocycles. The van der Waals surface area contributed by atoms with Gasteiger partial charge in [-0.3, -0.25) is 4.90 Å². The molecule has 17 heavy (non-hydrogen) atoms. The zero-order valence-electron chi connectivity index (χ0n) is 10.2. The van der Waals surface area contributed by atoms with E-state index in [4.69, 9.17) is 5.73 Å². The number of nitrogens with two attached hydrogens (primary N) is 1. The fourth-order valence-corrected chi connectivity index (χ4v) is 1.80. The molecule has 0 saturated heterocycles. The van der Waals surface area contributed by atoms with Crippen LogP contribution in [-0.4, -0.2) is 34.5 Å². The quantitative estimate of drug-likeness (QED) is 0.726. The first-order valence-corrected chi connectivity index (χ1v) is 5.71. The second-order valence-corrected chi connectivity index (χ2v) is 4.46. The number of likely N-dealkylation sites (N-methyl/N-ethyl adjacent to an activating group) is 1. The fourth-order valence-electron chi connectivity index (χ4n) is 1.80. The number of nitrogens with one attached hydrogen (secondary N) is 2. The molecule has 4 N–H and O–H groups in total. The van der Waals surface area contributed by atoms with Crippen molar-refractivity contribution in [3.05, 3.63) is 34.2 Å². The number of H-pyrrole nitrogens is 2. The molecule has 1 atom stereocenters. The van der Waals surface area contributed by atoms with Crippen molar-refractivity contribution < 1.29 is 0 Å². The Kier molecular flexibility index (Phi) is 3.31. The fraction of sp³-hybridized carbons (Fsp3) is 0.417. The summed E-state index contributed by atoms with van der Waals surface area (Å²) in [5, 5.41) is 0. The molecule has 0 saturated carbocycles. The summed E-state index contributed by atoms with van der Waals surface area (Å²) in [6.07, 6.45) is 0. The first-order chi connectivity index (χ1) is 8.10. The summed E-state index contributed by atoms with van der Waals surface area (Å²) in [4.78, 5) is 18.8. The molecule has 1 heterocycles. The molecule has 0 radical (unpaired) electrons. The molecule has 2 rings (SSSR count). The Morgan fingerprint density at radius 2 is 2.06 bits per heavy atom. The van der Waals surface area contributed by atoms with Crippen molar-refractivity contribution >= 4 is 11.0 Å². The van der Waals surface area contributed by atoms with E-state index in [0.29, 0.717) is 12.6 Å². The largest absolute Gasteiger partial charge is 0.329 e. The monoisotopic (exact) mass is 234 g/mol. The van der Waals surface area contributed by atoms with Gasteiger partial charge in [0.15, 0.2) is 0 Å². The van der Waals surface area contributed by atoms with Crippen LogP contribution in [0.4, 0.5) is 0 Å². The van der Waals surface area contributed by atoms with E-state index in [0.717, 1.165) is 23.1 Å². The van der Waals surface area contributed by atoms with Gasteiger partial charge in [-0.1, -0.05) is 6.07 Å². The van der Waals surface area contributed by atoms with Crippen LogP contribution in [0, 0.1) is 0 Å². The Labute approximate surface area is 99.6 Å². The van der Waals surface area contributed by atoms with E-state index in [1.165, 1.54) is 0 Å². The topological polar surface area (TPSA) is 77.9 Å². The molecule has 92 valence electrons. The number of nitrogens with zero attached hydrogens (tertiary/aromatic N) is 1. The van der Waals surface area contributed by atoms with Crippen molar-refractivity contribution in [2.75, 3.05) is 13.6 Å².